The molecule has 6 atom stereocenters. The third kappa shape index (κ3) is 6.88. The quantitative estimate of drug-likeness (QED) is 0.230. The zero-order chi connectivity index (χ0) is 25.5. The lowest BCUT2D eigenvalue weighted by molar-refractivity contribution is -0.141. The largest absolute Gasteiger partial charge is 0.461 e. The van der Waals surface area contributed by atoms with Crippen molar-refractivity contribution in [2.45, 2.75) is 150 Å². The number of cyclic esters (lactones) is 1. The lowest BCUT2D eigenvalue weighted by Gasteiger charge is -2.43. The van der Waals surface area contributed by atoms with E-state index in [9.17, 15) is 4.79 Å². The van der Waals surface area contributed by atoms with Gasteiger partial charge in [0.1, 0.15) is 6.10 Å². The van der Waals surface area contributed by atoms with Gasteiger partial charge in [0, 0.05) is 27.4 Å². The summed E-state index contributed by atoms with van der Waals surface area (Å²) in [5.41, 5.74) is 0. The molecule has 198 valence electrons. The topological polar surface area (TPSA) is 44.8 Å². The fourth-order valence-electron chi connectivity index (χ4n) is 4.56. The van der Waals surface area contributed by atoms with Crippen LogP contribution >= 0.6 is 23.5 Å². The Kier molecular flexibility index (Phi) is 9.17. The standard InChI is InChI=1S/C26H50O4S2Si2/c1-25(2,3)33(7,8)28-17-19(30-34(9,10)26(4,5)6)21-13-15-23(32-21)22-14-12-20(31-22)18-11-16-24(27)29-18/h18-23H,11-17H2,1-10H3/t18-,19+,20-,21+,22-,23+/m0/s1. The van der Waals surface area contributed by atoms with E-state index in [1.165, 1.54) is 25.7 Å². The van der Waals surface area contributed by atoms with Crippen molar-refractivity contribution in [1.29, 1.82) is 0 Å². The Labute approximate surface area is 220 Å². The summed E-state index contributed by atoms with van der Waals surface area (Å²) >= 11 is 4.28. The van der Waals surface area contributed by atoms with Crippen molar-refractivity contribution in [3.63, 3.8) is 0 Å². The van der Waals surface area contributed by atoms with E-state index in [0.717, 1.165) is 13.0 Å². The van der Waals surface area contributed by atoms with Gasteiger partial charge >= 0.3 is 5.97 Å². The van der Waals surface area contributed by atoms with Crippen molar-refractivity contribution in [3.8, 4) is 0 Å². The van der Waals surface area contributed by atoms with E-state index in [4.69, 9.17) is 13.6 Å². The fraction of sp³-hybridized carbons (Fsp3) is 0.962. The summed E-state index contributed by atoms with van der Waals surface area (Å²) < 4.78 is 19.4. The molecule has 0 radical (unpaired) electrons. The molecule has 0 aromatic heterocycles. The van der Waals surface area contributed by atoms with Crippen LogP contribution in [0, 0.1) is 0 Å². The molecular weight excluding hydrogens is 497 g/mol. The summed E-state index contributed by atoms with van der Waals surface area (Å²) in [4.78, 5) is 11.6. The monoisotopic (exact) mass is 546 g/mol. The zero-order valence-electron chi connectivity index (χ0n) is 23.4. The molecule has 0 aliphatic carbocycles. The second-order valence-corrected chi connectivity index (χ2v) is 26.2. The highest BCUT2D eigenvalue weighted by molar-refractivity contribution is 8.04. The molecule has 0 aromatic rings. The van der Waals surface area contributed by atoms with Gasteiger partial charge in [-0.1, -0.05) is 41.5 Å². The zero-order valence-corrected chi connectivity index (χ0v) is 27.0. The highest BCUT2D eigenvalue weighted by atomic mass is 32.2. The lowest BCUT2D eigenvalue weighted by Crippen LogP contribution is -2.50. The summed E-state index contributed by atoms with van der Waals surface area (Å²) in [7, 11) is -3.73. The molecule has 3 rings (SSSR count). The van der Waals surface area contributed by atoms with Crippen LogP contribution in [0.25, 0.3) is 0 Å². The second-order valence-electron chi connectivity index (χ2n) is 13.6. The van der Waals surface area contributed by atoms with E-state index in [2.05, 4.69) is 91.3 Å². The van der Waals surface area contributed by atoms with Gasteiger partial charge in [-0.05, 0) is 68.4 Å². The van der Waals surface area contributed by atoms with Crippen molar-refractivity contribution in [2.24, 2.45) is 0 Å². The number of thioether (sulfide) groups is 2. The summed E-state index contributed by atoms with van der Waals surface area (Å²) in [6, 6.07) is 0. The number of hydrogen-bond donors (Lipinski definition) is 0. The number of carbonyl (C=O) groups is 1. The van der Waals surface area contributed by atoms with Gasteiger partial charge in [-0.2, -0.15) is 23.5 Å². The number of ether oxygens (including phenoxy) is 1. The molecular formula is C26H50O4S2Si2. The molecule has 8 heteroatoms. The van der Waals surface area contributed by atoms with Crippen molar-refractivity contribution >= 4 is 46.1 Å². The Morgan fingerprint density at radius 2 is 1.41 bits per heavy atom. The SMILES string of the molecule is CC(C)(C)[Si](C)(C)OC[C@@H](O[Si](C)(C)C(C)(C)C)[C@H]1CC[C@H]([C@@H]2CC[C@@H]([C@@H]3CCC(=O)O3)S2)S1. The Morgan fingerprint density at radius 1 is 0.853 bits per heavy atom. The number of carbonyl (C=O) groups excluding carboxylic acids is 1. The maximum Gasteiger partial charge on any atom is 0.306 e. The Hall–Kier alpha value is 0.524. The first-order valence-electron chi connectivity index (χ1n) is 13.3. The highest BCUT2D eigenvalue weighted by Crippen LogP contribution is 2.50. The molecule has 3 fully saturated rings. The van der Waals surface area contributed by atoms with Crippen molar-refractivity contribution in [2.75, 3.05) is 6.61 Å². The normalized spacial score (nSPS) is 32.3. The van der Waals surface area contributed by atoms with Gasteiger partial charge in [0.2, 0.25) is 0 Å². The average molecular weight is 547 g/mol. The first-order chi connectivity index (χ1) is 15.5. The van der Waals surface area contributed by atoms with Gasteiger partial charge < -0.3 is 13.6 Å². The predicted octanol–water partition coefficient (Wildman–Crippen LogP) is 7.63. The van der Waals surface area contributed by atoms with Gasteiger partial charge in [0.15, 0.2) is 16.6 Å². The predicted molar refractivity (Wildman–Crippen MR) is 153 cm³/mol. The summed E-state index contributed by atoms with van der Waals surface area (Å²) in [6.45, 7) is 24.1. The van der Waals surface area contributed by atoms with Crippen LogP contribution in [-0.4, -0.2) is 62.4 Å². The van der Waals surface area contributed by atoms with Crippen molar-refractivity contribution in [1.82, 2.24) is 0 Å². The van der Waals surface area contributed by atoms with Crippen LogP contribution in [0.2, 0.25) is 36.3 Å². The lowest BCUT2D eigenvalue weighted by atomic mass is 10.0. The van der Waals surface area contributed by atoms with Crippen LogP contribution in [0.5, 0.6) is 0 Å². The molecule has 3 saturated heterocycles. The Bertz CT molecular complexity index is 717. The van der Waals surface area contributed by atoms with Crippen LogP contribution in [0.3, 0.4) is 0 Å². The van der Waals surface area contributed by atoms with Crippen LogP contribution in [-0.2, 0) is 18.4 Å². The number of hydrogen-bond acceptors (Lipinski definition) is 6. The second kappa shape index (κ2) is 10.7. The molecule has 3 aliphatic rings. The van der Waals surface area contributed by atoms with Crippen LogP contribution in [0.4, 0.5) is 0 Å². The van der Waals surface area contributed by atoms with Crippen molar-refractivity contribution in [3.05, 3.63) is 0 Å². The molecule has 0 spiro atoms. The third-order valence-electron chi connectivity index (χ3n) is 9.00. The van der Waals surface area contributed by atoms with Gasteiger partial charge in [-0.15, -0.1) is 0 Å². The molecule has 4 nitrogen and oxygen atoms in total. The molecule has 3 aliphatic heterocycles. The molecule has 0 unspecified atom stereocenters. The first-order valence-corrected chi connectivity index (χ1v) is 21.0. The molecule has 0 N–H and O–H groups in total. The third-order valence-corrected chi connectivity index (χ3v) is 21.8. The molecule has 0 bridgehead atoms. The van der Waals surface area contributed by atoms with Gasteiger partial charge in [-0.25, -0.2) is 0 Å². The highest BCUT2D eigenvalue weighted by Gasteiger charge is 2.47. The van der Waals surface area contributed by atoms with E-state index in [1.54, 1.807) is 0 Å². The first kappa shape index (κ1) is 29.1. The van der Waals surface area contributed by atoms with Crippen LogP contribution in [0.1, 0.15) is 80.1 Å². The molecule has 0 amide bonds. The minimum absolute atomic E-state index is 0.00305. The Balaban J connectivity index is 1.64. The van der Waals surface area contributed by atoms with Crippen LogP contribution < -0.4 is 0 Å². The minimum Gasteiger partial charge on any atom is -0.461 e. The number of esters is 1. The molecule has 34 heavy (non-hydrogen) atoms. The summed E-state index contributed by atoms with van der Waals surface area (Å²) in [5.74, 6) is -0.00305. The summed E-state index contributed by atoms with van der Waals surface area (Å²) in [5, 5.41) is 2.76. The van der Waals surface area contributed by atoms with E-state index in [0.29, 0.717) is 27.4 Å². The van der Waals surface area contributed by atoms with E-state index in [-0.39, 0.29) is 28.3 Å². The molecule has 0 saturated carbocycles. The van der Waals surface area contributed by atoms with E-state index in [1.807, 2.05) is 0 Å². The van der Waals surface area contributed by atoms with E-state index < -0.39 is 16.6 Å². The molecule has 3 heterocycles. The van der Waals surface area contributed by atoms with Gasteiger partial charge in [0.25, 0.3) is 0 Å². The Morgan fingerprint density at radius 3 is 1.97 bits per heavy atom. The molecule has 0 aromatic carbocycles. The average Bonchev–Trinajstić information content (AvgIpc) is 3.42. The fourth-order valence-corrected chi connectivity index (χ4v) is 10.7. The minimum atomic E-state index is -1.90. The van der Waals surface area contributed by atoms with Gasteiger partial charge in [0.05, 0.1) is 12.7 Å². The smallest absolute Gasteiger partial charge is 0.306 e. The summed E-state index contributed by atoms with van der Waals surface area (Å²) in [6.07, 6.45) is 6.76. The van der Waals surface area contributed by atoms with Gasteiger partial charge in [-0.3, -0.25) is 4.79 Å². The van der Waals surface area contributed by atoms with Crippen LogP contribution in [0.15, 0.2) is 0 Å². The number of rotatable bonds is 8. The maximum absolute atomic E-state index is 11.6. The van der Waals surface area contributed by atoms with Crippen molar-refractivity contribution < 1.29 is 18.4 Å². The maximum atomic E-state index is 11.6. The van der Waals surface area contributed by atoms with E-state index >= 15 is 0 Å².